The second-order valence-electron chi connectivity index (χ2n) is 7.17. The van der Waals surface area contributed by atoms with Crippen LogP contribution in [0.25, 0.3) is 0 Å². The molecule has 1 fully saturated rings. The molecule has 1 heterocycles. The number of sulfonamides is 1. The summed E-state index contributed by atoms with van der Waals surface area (Å²) in [6.07, 6.45) is -2.21. The monoisotopic (exact) mass is 468 g/mol. The molecule has 2 aromatic rings. The molecule has 0 radical (unpaired) electrons. The maximum Gasteiger partial charge on any atom is 0.416 e. The smallest absolute Gasteiger partial charge is 0.341 e. The highest BCUT2D eigenvalue weighted by Crippen LogP contribution is 2.29. The van der Waals surface area contributed by atoms with Gasteiger partial charge in [-0.2, -0.15) is 17.5 Å². The lowest BCUT2D eigenvalue weighted by Gasteiger charge is -2.26. The molecular weight excluding hydrogens is 448 g/mol. The van der Waals surface area contributed by atoms with E-state index in [1.165, 1.54) is 16.4 Å². The van der Waals surface area contributed by atoms with Crippen LogP contribution in [-0.2, 0) is 16.2 Å². The van der Waals surface area contributed by atoms with Gasteiger partial charge < -0.3 is 5.32 Å². The minimum absolute atomic E-state index is 0.0668. The molecule has 1 saturated heterocycles. The number of alkyl halides is 3. The third kappa shape index (κ3) is 5.66. The van der Waals surface area contributed by atoms with E-state index in [4.69, 9.17) is 0 Å². The molecule has 0 bridgehead atoms. The Morgan fingerprint density at radius 3 is 2.47 bits per heavy atom. The summed E-state index contributed by atoms with van der Waals surface area (Å²) in [6.45, 7) is 0.396. The normalized spacial score (nSPS) is 15.0. The summed E-state index contributed by atoms with van der Waals surface area (Å²) in [5.41, 5.74) is -0.768. The van der Waals surface area contributed by atoms with Crippen molar-refractivity contribution in [3.8, 4) is 11.8 Å². The zero-order chi connectivity index (χ0) is 23.4. The number of piperidine rings is 1. The number of hydrogen-bond donors (Lipinski definition) is 1. The van der Waals surface area contributed by atoms with Crippen LogP contribution in [0.3, 0.4) is 0 Å². The lowest BCUT2D eigenvalue weighted by atomic mass is 10.1. The molecule has 2 aromatic carbocycles. The molecule has 1 aliphatic heterocycles. The first kappa shape index (κ1) is 23.8. The molecule has 1 aliphatic rings. The minimum atomic E-state index is -4.49. The Balaban J connectivity index is 1.69. The molecule has 0 atom stereocenters. The van der Waals surface area contributed by atoms with Gasteiger partial charge in [-0.1, -0.05) is 24.3 Å². The number of carbonyl (C=O) groups excluding carboxylic acids is 1. The number of nitrogens with zero attached hydrogens (tertiary/aromatic N) is 1. The number of halogens is 4. The quantitative estimate of drug-likeness (QED) is 0.549. The fourth-order valence-corrected chi connectivity index (χ4v) is 4.84. The highest BCUT2D eigenvalue weighted by molar-refractivity contribution is 7.89. The summed E-state index contributed by atoms with van der Waals surface area (Å²) in [5.74, 6) is 3.43. The van der Waals surface area contributed by atoms with Gasteiger partial charge in [-0.25, -0.2) is 12.8 Å². The van der Waals surface area contributed by atoms with Crippen molar-refractivity contribution >= 4 is 15.9 Å². The van der Waals surface area contributed by atoms with Crippen molar-refractivity contribution in [3.63, 3.8) is 0 Å². The number of carbonyl (C=O) groups is 1. The fraction of sp³-hybridized carbons (Fsp3) is 0.318. The lowest BCUT2D eigenvalue weighted by Crippen LogP contribution is -2.36. The van der Waals surface area contributed by atoms with Crippen molar-refractivity contribution in [3.05, 3.63) is 65.0 Å². The first-order valence-electron chi connectivity index (χ1n) is 9.83. The van der Waals surface area contributed by atoms with Crippen LogP contribution in [-0.4, -0.2) is 38.3 Å². The van der Waals surface area contributed by atoms with Gasteiger partial charge in [0.25, 0.3) is 5.91 Å². The topological polar surface area (TPSA) is 66.5 Å². The maximum absolute atomic E-state index is 14.3. The molecule has 0 aromatic heterocycles. The Bertz CT molecular complexity index is 1160. The molecule has 32 heavy (non-hydrogen) atoms. The third-order valence-corrected chi connectivity index (χ3v) is 6.80. The van der Waals surface area contributed by atoms with Crippen LogP contribution >= 0.6 is 0 Å². The van der Waals surface area contributed by atoms with Crippen LogP contribution < -0.4 is 5.32 Å². The number of rotatable bonds is 4. The van der Waals surface area contributed by atoms with Crippen molar-refractivity contribution < 1.29 is 30.8 Å². The van der Waals surface area contributed by atoms with E-state index in [1.807, 2.05) is 0 Å². The van der Waals surface area contributed by atoms with E-state index in [9.17, 15) is 30.8 Å². The molecule has 170 valence electrons. The average molecular weight is 468 g/mol. The van der Waals surface area contributed by atoms with Gasteiger partial charge in [0.1, 0.15) is 10.7 Å². The molecule has 0 unspecified atom stereocenters. The standard InChI is InChI=1S/C22H20F4N2O3S/c23-19-10-9-17(15-20(19)32(30,31)28-12-2-1-3-13-28)21(29)27-11-5-7-16-6-4-8-18(14-16)22(24,25)26/h4,6,8-10,14-15H,1-3,11-13H2,(H,27,29). The molecule has 5 nitrogen and oxygen atoms in total. The van der Waals surface area contributed by atoms with Crippen LogP contribution in [0, 0.1) is 17.7 Å². The molecule has 0 saturated carbocycles. The Morgan fingerprint density at radius 1 is 1.06 bits per heavy atom. The van der Waals surface area contributed by atoms with Crippen molar-refractivity contribution in [2.24, 2.45) is 0 Å². The number of benzene rings is 2. The van der Waals surface area contributed by atoms with E-state index in [-0.39, 0.29) is 17.7 Å². The van der Waals surface area contributed by atoms with Gasteiger partial charge >= 0.3 is 6.18 Å². The second-order valence-corrected chi connectivity index (χ2v) is 9.08. The predicted molar refractivity (Wildman–Crippen MR) is 110 cm³/mol. The molecule has 1 N–H and O–H groups in total. The highest BCUT2D eigenvalue weighted by Gasteiger charge is 2.30. The number of nitrogens with one attached hydrogen (secondary N) is 1. The van der Waals surface area contributed by atoms with Gasteiger partial charge in [-0.05, 0) is 49.2 Å². The van der Waals surface area contributed by atoms with Crippen LogP contribution in [0.1, 0.15) is 40.7 Å². The Kier molecular flexibility index (Phi) is 7.21. The minimum Gasteiger partial charge on any atom is -0.341 e. The van der Waals surface area contributed by atoms with Crippen LogP contribution in [0.15, 0.2) is 47.4 Å². The average Bonchev–Trinajstić information content (AvgIpc) is 2.77. The SMILES string of the molecule is O=C(NCC#Cc1cccc(C(F)(F)F)c1)c1ccc(F)c(S(=O)(=O)N2CCCCC2)c1. The maximum atomic E-state index is 14.3. The summed E-state index contributed by atoms with van der Waals surface area (Å²) in [7, 11) is -4.07. The van der Waals surface area contributed by atoms with Gasteiger partial charge in [0, 0.05) is 24.2 Å². The molecule has 10 heteroatoms. The zero-order valence-electron chi connectivity index (χ0n) is 16.9. The highest BCUT2D eigenvalue weighted by atomic mass is 32.2. The number of hydrogen-bond acceptors (Lipinski definition) is 3. The van der Waals surface area contributed by atoms with E-state index < -0.39 is 38.4 Å². The summed E-state index contributed by atoms with van der Waals surface area (Å²) < 4.78 is 79.2. The summed E-state index contributed by atoms with van der Waals surface area (Å²) in [4.78, 5) is 11.8. The van der Waals surface area contributed by atoms with Crippen molar-refractivity contribution in [1.82, 2.24) is 9.62 Å². The third-order valence-electron chi connectivity index (χ3n) is 4.89. The molecule has 0 spiro atoms. The van der Waals surface area contributed by atoms with E-state index >= 15 is 0 Å². The Labute approximate surface area is 183 Å². The van der Waals surface area contributed by atoms with Crippen molar-refractivity contribution in [2.75, 3.05) is 19.6 Å². The first-order valence-corrected chi connectivity index (χ1v) is 11.3. The largest absolute Gasteiger partial charge is 0.416 e. The second kappa shape index (κ2) is 9.71. The molecule has 1 amide bonds. The first-order chi connectivity index (χ1) is 15.1. The van der Waals surface area contributed by atoms with Gasteiger partial charge in [0.05, 0.1) is 12.1 Å². The molecule has 0 aliphatic carbocycles. The summed E-state index contributed by atoms with van der Waals surface area (Å²) in [6, 6.07) is 7.51. The van der Waals surface area contributed by atoms with E-state index in [0.29, 0.717) is 25.9 Å². The van der Waals surface area contributed by atoms with Crippen LogP contribution in [0.4, 0.5) is 17.6 Å². The van der Waals surface area contributed by atoms with Crippen LogP contribution in [0.5, 0.6) is 0 Å². The van der Waals surface area contributed by atoms with Gasteiger partial charge in [0.2, 0.25) is 10.0 Å². The van der Waals surface area contributed by atoms with E-state index in [1.54, 1.807) is 0 Å². The van der Waals surface area contributed by atoms with E-state index in [0.717, 1.165) is 36.8 Å². The molecular formula is C22H20F4N2O3S. The fourth-order valence-electron chi connectivity index (χ4n) is 3.23. The predicted octanol–water partition coefficient (Wildman–Crippen LogP) is 3.80. The van der Waals surface area contributed by atoms with Crippen LogP contribution in [0.2, 0.25) is 0 Å². The number of amides is 1. The molecule has 3 rings (SSSR count). The summed E-state index contributed by atoms with van der Waals surface area (Å²) in [5, 5.41) is 2.43. The van der Waals surface area contributed by atoms with Gasteiger partial charge in [-0.3, -0.25) is 4.79 Å². The van der Waals surface area contributed by atoms with E-state index in [2.05, 4.69) is 17.2 Å². The lowest BCUT2D eigenvalue weighted by molar-refractivity contribution is -0.137. The van der Waals surface area contributed by atoms with Crippen molar-refractivity contribution in [1.29, 1.82) is 0 Å². The Morgan fingerprint density at radius 2 is 1.78 bits per heavy atom. The van der Waals surface area contributed by atoms with Gasteiger partial charge in [0.15, 0.2) is 0 Å². The van der Waals surface area contributed by atoms with Crippen molar-refractivity contribution in [2.45, 2.75) is 30.3 Å². The summed E-state index contributed by atoms with van der Waals surface area (Å²) >= 11 is 0. The zero-order valence-corrected chi connectivity index (χ0v) is 17.7. The Hall–Kier alpha value is -2.90. The van der Waals surface area contributed by atoms with Gasteiger partial charge in [-0.15, -0.1) is 0 Å².